The van der Waals surface area contributed by atoms with Crippen LogP contribution in [0, 0.1) is 0 Å². The van der Waals surface area contributed by atoms with E-state index in [9.17, 15) is 0 Å². The summed E-state index contributed by atoms with van der Waals surface area (Å²) in [6.07, 6.45) is 9.70. The summed E-state index contributed by atoms with van der Waals surface area (Å²) >= 11 is 1.89. The Kier molecular flexibility index (Phi) is 4.73. The normalized spacial score (nSPS) is 19.4. The van der Waals surface area contributed by atoms with Gasteiger partial charge in [-0.1, -0.05) is 6.92 Å². The van der Waals surface area contributed by atoms with Gasteiger partial charge in [0.1, 0.15) is 5.82 Å². The zero-order valence-electron chi connectivity index (χ0n) is 12.6. The van der Waals surface area contributed by atoms with Crippen LogP contribution in [0.15, 0.2) is 23.8 Å². The smallest absolute Gasteiger partial charge is 0.110 e. The zero-order chi connectivity index (χ0) is 14.7. The lowest BCUT2D eigenvalue weighted by atomic mass is 9.81. The van der Waals surface area contributed by atoms with Crippen LogP contribution in [-0.2, 0) is 19.4 Å². The average molecular weight is 304 g/mol. The van der Waals surface area contributed by atoms with Crippen molar-refractivity contribution in [2.75, 3.05) is 0 Å². The van der Waals surface area contributed by atoms with Gasteiger partial charge in [0.15, 0.2) is 0 Å². The first-order valence-electron chi connectivity index (χ1n) is 7.86. The van der Waals surface area contributed by atoms with Crippen molar-refractivity contribution in [2.45, 2.75) is 57.5 Å². The number of hydrazine groups is 1. The summed E-state index contributed by atoms with van der Waals surface area (Å²) in [6, 6.07) is 2.55. The number of nitrogens with zero attached hydrogens (tertiary/aromatic N) is 2. The SMILES string of the molecule is CCCn1ccnc1CC(NN)C1CCCc2sccc21. The van der Waals surface area contributed by atoms with E-state index >= 15 is 0 Å². The topological polar surface area (TPSA) is 55.9 Å². The molecule has 4 nitrogen and oxygen atoms in total. The first-order valence-corrected chi connectivity index (χ1v) is 8.73. The van der Waals surface area contributed by atoms with Gasteiger partial charge in [-0.05, 0) is 42.7 Å². The first-order chi connectivity index (χ1) is 10.3. The Morgan fingerprint density at radius 1 is 1.57 bits per heavy atom. The monoisotopic (exact) mass is 304 g/mol. The molecule has 0 amide bonds. The maximum atomic E-state index is 5.89. The second kappa shape index (κ2) is 6.73. The number of nitrogens with two attached hydrogens (primary N) is 1. The van der Waals surface area contributed by atoms with Gasteiger partial charge in [-0.2, -0.15) is 0 Å². The van der Waals surface area contributed by atoms with Crippen LogP contribution < -0.4 is 11.3 Å². The quantitative estimate of drug-likeness (QED) is 0.637. The Bertz CT molecular complexity index is 574. The molecule has 5 heteroatoms. The van der Waals surface area contributed by atoms with Gasteiger partial charge in [0.05, 0.1) is 0 Å². The number of hydrogen-bond donors (Lipinski definition) is 2. The molecule has 2 unspecified atom stereocenters. The number of aromatic nitrogens is 2. The van der Waals surface area contributed by atoms with E-state index in [-0.39, 0.29) is 6.04 Å². The summed E-state index contributed by atoms with van der Waals surface area (Å²) in [5, 5.41) is 2.22. The average Bonchev–Trinajstić information content (AvgIpc) is 3.14. The Hall–Kier alpha value is -1.17. The fraction of sp³-hybridized carbons (Fsp3) is 0.562. The largest absolute Gasteiger partial charge is 0.335 e. The van der Waals surface area contributed by atoms with Gasteiger partial charge in [0.25, 0.3) is 0 Å². The van der Waals surface area contributed by atoms with E-state index in [1.807, 2.05) is 17.5 Å². The molecular formula is C16H24N4S. The number of hydrogen-bond acceptors (Lipinski definition) is 4. The van der Waals surface area contributed by atoms with Gasteiger partial charge in [0.2, 0.25) is 0 Å². The van der Waals surface area contributed by atoms with E-state index in [2.05, 4.69) is 39.5 Å². The van der Waals surface area contributed by atoms with Crippen molar-refractivity contribution in [1.82, 2.24) is 15.0 Å². The Morgan fingerprint density at radius 3 is 3.29 bits per heavy atom. The van der Waals surface area contributed by atoms with E-state index in [4.69, 9.17) is 5.84 Å². The summed E-state index contributed by atoms with van der Waals surface area (Å²) in [5.41, 5.74) is 4.56. The lowest BCUT2D eigenvalue weighted by Gasteiger charge is -2.30. The fourth-order valence-corrected chi connectivity index (χ4v) is 4.43. The summed E-state index contributed by atoms with van der Waals surface area (Å²) in [6.45, 7) is 3.22. The maximum Gasteiger partial charge on any atom is 0.110 e. The van der Waals surface area contributed by atoms with E-state index < -0.39 is 0 Å². The highest BCUT2D eigenvalue weighted by molar-refractivity contribution is 7.10. The van der Waals surface area contributed by atoms with Gasteiger partial charge < -0.3 is 4.57 Å². The summed E-state index contributed by atoms with van der Waals surface area (Å²) in [7, 11) is 0. The molecule has 1 aliphatic rings. The third-order valence-electron chi connectivity index (χ3n) is 4.47. The molecule has 2 heterocycles. The van der Waals surface area contributed by atoms with Crippen LogP contribution in [0.4, 0.5) is 0 Å². The lowest BCUT2D eigenvalue weighted by molar-refractivity contribution is 0.387. The predicted octanol–water partition coefficient (Wildman–Crippen LogP) is 2.85. The van der Waals surface area contributed by atoms with Crippen molar-refractivity contribution < 1.29 is 0 Å². The lowest BCUT2D eigenvalue weighted by Crippen LogP contribution is -2.42. The molecule has 0 aromatic carbocycles. The highest BCUT2D eigenvalue weighted by atomic mass is 32.1. The molecule has 0 aliphatic heterocycles. The molecule has 3 rings (SSSR count). The number of rotatable bonds is 6. The van der Waals surface area contributed by atoms with Gasteiger partial charge in [-0.25, -0.2) is 4.98 Å². The van der Waals surface area contributed by atoms with Crippen molar-refractivity contribution in [3.8, 4) is 0 Å². The van der Waals surface area contributed by atoms with Crippen molar-refractivity contribution in [1.29, 1.82) is 0 Å². The van der Waals surface area contributed by atoms with Crippen LogP contribution in [0.3, 0.4) is 0 Å². The minimum atomic E-state index is 0.261. The van der Waals surface area contributed by atoms with Crippen molar-refractivity contribution in [2.24, 2.45) is 5.84 Å². The van der Waals surface area contributed by atoms with Crippen molar-refractivity contribution in [3.05, 3.63) is 40.1 Å². The standard InChI is InChI=1S/C16H24N4S/c1-2-8-20-9-7-18-16(20)11-14(19-17)12-4-3-5-15-13(12)6-10-21-15/h6-7,9-10,12,14,19H,2-5,8,11,17H2,1H3. The Labute approximate surface area is 130 Å². The molecule has 2 aromatic heterocycles. The molecule has 0 fully saturated rings. The van der Waals surface area contributed by atoms with Crippen LogP contribution in [0.5, 0.6) is 0 Å². The molecule has 0 radical (unpaired) electrons. The van der Waals surface area contributed by atoms with Crippen LogP contribution in [0.1, 0.15) is 48.4 Å². The number of fused-ring (bicyclic) bond motifs is 1. The molecule has 0 saturated carbocycles. The summed E-state index contributed by atoms with van der Waals surface area (Å²) < 4.78 is 2.25. The number of thiophene rings is 1. The minimum absolute atomic E-state index is 0.261. The highest BCUT2D eigenvalue weighted by Crippen LogP contribution is 2.37. The van der Waals surface area contributed by atoms with Crippen molar-refractivity contribution >= 4 is 11.3 Å². The Balaban J connectivity index is 1.79. The molecule has 3 N–H and O–H groups in total. The fourth-order valence-electron chi connectivity index (χ4n) is 3.43. The number of imidazole rings is 1. The van der Waals surface area contributed by atoms with Crippen LogP contribution in [0.25, 0.3) is 0 Å². The molecule has 0 spiro atoms. The van der Waals surface area contributed by atoms with Gasteiger partial charge in [-0.15, -0.1) is 11.3 Å². The van der Waals surface area contributed by atoms with E-state index in [0.717, 1.165) is 25.2 Å². The maximum absolute atomic E-state index is 5.89. The second-order valence-electron chi connectivity index (χ2n) is 5.81. The Morgan fingerprint density at radius 2 is 2.48 bits per heavy atom. The zero-order valence-corrected chi connectivity index (χ0v) is 13.4. The molecule has 0 bridgehead atoms. The molecular weight excluding hydrogens is 280 g/mol. The number of aryl methyl sites for hydroxylation is 2. The number of nitrogens with one attached hydrogen (secondary N) is 1. The minimum Gasteiger partial charge on any atom is -0.335 e. The first kappa shape index (κ1) is 14.8. The van der Waals surface area contributed by atoms with E-state index in [0.29, 0.717) is 5.92 Å². The van der Waals surface area contributed by atoms with Gasteiger partial charge in [0, 0.05) is 42.2 Å². The molecule has 1 aliphatic carbocycles. The van der Waals surface area contributed by atoms with E-state index in [1.165, 1.54) is 24.8 Å². The van der Waals surface area contributed by atoms with Crippen LogP contribution in [0.2, 0.25) is 0 Å². The molecule has 2 aromatic rings. The van der Waals surface area contributed by atoms with Gasteiger partial charge >= 0.3 is 0 Å². The third-order valence-corrected chi connectivity index (χ3v) is 5.46. The summed E-state index contributed by atoms with van der Waals surface area (Å²) in [4.78, 5) is 6.08. The molecule has 114 valence electrons. The predicted molar refractivity (Wildman–Crippen MR) is 87.3 cm³/mol. The van der Waals surface area contributed by atoms with Crippen LogP contribution >= 0.6 is 11.3 Å². The van der Waals surface area contributed by atoms with Crippen molar-refractivity contribution in [3.63, 3.8) is 0 Å². The third kappa shape index (κ3) is 3.05. The van der Waals surface area contributed by atoms with Crippen LogP contribution in [-0.4, -0.2) is 15.6 Å². The molecule has 2 atom stereocenters. The second-order valence-corrected chi connectivity index (χ2v) is 6.81. The highest BCUT2D eigenvalue weighted by Gasteiger charge is 2.29. The van der Waals surface area contributed by atoms with Gasteiger partial charge in [-0.3, -0.25) is 11.3 Å². The summed E-state index contributed by atoms with van der Waals surface area (Å²) in [5.74, 6) is 7.54. The molecule has 21 heavy (non-hydrogen) atoms. The molecule has 0 saturated heterocycles. The van der Waals surface area contributed by atoms with E-state index in [1.54, 1.807) is 4.88 Å².